The maximum atomic E-state index is 13.2. The molecule has 1 aromatic heterocycles. The molecule has 2 aromatic rings. The molecule has 0 amide bonds. The van der Waals surface area contributed by atoms with Gasteiger partial charge < -0.3 is 10.1 Å². The number of benzene rings is 1. The van der Waals surface area contributed by atoms with E-state index in [1.54, 1.807) is 6.07 Å². The molecule has 0 radical (unpaired) electrons. The van der Waals surface area contributed by atoms with Gasteiger partial charge in [-0.05, 0) is 24.5 Å². The molecule has 3 heteroatoms. The molecule has 2 rings (SSSR count). The second kappa shape index (κ2) is 3.80. The van der Waals surface area contributed by atoms with Crippen LogP contribution in [0.1, 0.15) is 12.0 Å². The molecule has 2 nitrogen and oxygen atoms in total. The van der Waals surface area contributed by atoms with Crippen molar-refractivity contribution in [1.29, 1.82) is 0 Å². The number of aliphatic hydroxyl groups is 1. The number of hydrogen-bond donors (Lipinski definition) is 2. The fraction of sp³-hybridized carbons (Fsp3) is 0.273. The highest BCUT2D eigenvalue weighted by atomic mass is 19.1. The molecule has 2 N–H and O–H groups in total. The zero-order valence-electron chi connectivity index (χ0n) is 7.76. The lowest BCUT2D eigenvalue weighted by molar-refractivity contribution is 0.289. The van der Waals surface area contributed by atoms with Gasteiger partial charge in [-0.2, -0.15) is 0 Å². The molecule has 0 aliphatic rings. The molecule has 0 aliphatic heterocycles. The summed E-state index contributed by atoms with van der Waals surface area (Å²) in [6.45, 7) is 0.169. The van der Waals surface area contributed by atoms with Crippen molar-refractivity contribution in [2.75, 3.05) is 6.61 Å². The van der Waals surface area contributed by atoms with Crippen LogP contribution in [0.5, 0.6) is 0 Å². The van der Waals surface area contributed by atoms with E-state index in [1.807, 2.05) is 12.3 Å². The van der Waals surface area contributed by atoms with Crippen molar-refractivity contribution in [3.8, 4) is 0 Å². The second-order valence-electron chi connectivity index (χ2n) is 3.30. The minimum absolute atomic E-state index is 0.169. The van der Waals surface area contributed by atoms with Crippen molar-refractivity contribution < 1.29 is 9.50 Å². The van der Waals surface area contributed by atoms with Crippen LogP contribution in [0, 0.1) is 5.82 Å². The van der Waals surface area contributed by atoms with E-state index in [0.717, 1.165) is 17.4 Å². The topological polar surface area (TPSA) is 36.0 Å². The van der Waals surface area contributed by atoms with Crippen molar-refractivity contribution in [2.45, 2.75) is 12.8 Å². The average molecular weight is 193 g/mol. The smallest absolute Gasteiger partial charge is 0.147 e. The summed E-state index contributed by atoms with van der Waals surface area (Å²) in [5.74, 6) is -0.224. The van der Waals surface area contributed by atoms with Gasteiger partial charge in [0.2, 0.25) is 0 Å². The molecule has 1 aromatic carbocycles. The highest BCUT2D eigenvalue weighted by molar-refractivity contribution is 5.83. The van der Waals surface area contributed by atoms with Gasteiger partial charge in [0.15, 0.2) is 0 Å². The van der Waals surface area contributed by atoms with E-state index in [-0.39, 0.29) is 12.4 Å². The van der Waals surface area contributed by atoms with Crippen molar-refractivity contribution in [3.63, 3.8) is 0 Å². The standard InChI is InChI=1S/C11H12FNO/c12-10-5-1-4-9-8(3-2-6-14)7-13-11(9)10/h1,4-5,7,13-14H,2-3,6H2. The summed E-state index contributed by atoms with van der Waals surface area (Å²) in [6.07, 6.45) is 3.30. The first-order valence-electron chi connectivity index (χ1n) is 4.68. The molecule has 74 valence electrons. The summed E-state index contributed by atoms with van der Waals surface area (Å²) < 4.78 is 13.2. The van der Waals surface area contributed by atoms with Gasteiger partial charge in [0, 0.05) is 18.2 Å². The molecule has 0 spiro atoms. The molecule has 0 unspecified atom stereocenters. The Labute approximate surface area is 81.4 Å². The lowest BCUT2D eigenvalue weighted by Crippen LogP contribution is -1.87. The number of halogens is 1. The Morgan fingerprint density at radius 2 is 2.21 bits per heavy atom. The molecule has 0 saturated heterocycles. The summed E-state index contributed by atoms with van der Waals surface area (Å²) in [6, 6.07) is 5.03. The van der Waals surface area contributed by atoms with E-state index in [9.17, 15) is 4.39 Å². The first-order valence-corrected chi connectivity index (χ1v) is 4.68. The Bertz CT molecular complexity index is 436. The molecular weight excluding hydrogens is 181 g/mol. The zero-order valence-corrected chi connectivity index (χ0v) is 7.76. The number of nitrogens with one attached hydrogen (secondary N) is 1. The molecule has 0 saturated carbocycles. The minimum atomic E-state index is -0.224. The molecule has 0 fully saturated rings. The van der Waals surface area contributed by atoms with Crippen molar-refractivity contribution in [3.05, 3.63) is 35.8 Å². The van der Waals surface area contributed by atoms with E-state index >= 15 is 0 Å². The Morgan fingerprint density at radius 1 is 1.36 bits per heavy atom. The van der Waals surface area contributed by atoms with E-state index < -0.39 is 0 Å². The van der Waals surface area contributed by atoms with Gasteiger partial charge in [-0.3, -0.25) is 0 Å². The lowest BCUT2D eigenvalue weighted by Gasteiger charge is -1.96. The fourth-order valence-electron chi connectivity index (χ4n) is 1.65. The Balaban J connectivity index is 2.42. The largest absolute Gasteiger partial charge is 0.396 e. The van der Waals surface area contributed by atoms with E-state index in [0.29, 0.717) is 11.9 Å². The summed E-state index contributed by atoms with van der Waals surface area (Å²) in [7, 11) is 0. The highest BCUT2D eigenvalue weighted by Crippen LogP contribution is 2.21. The quantitative estimate of drug-likeness (QED) is 0.770. The van der Waals surface area contributed by atoms with Crippen LogP contribution in [0.4, 0.5) is 4.39 Å². The number of aromatic nitrogens is 1. The van der Waals surface area contributed by atoms with Gasteiger partial charge in [-0.15, -0.1) is 0 Å². The number of hydrogen-bond acceptors (Lipinski definition) is 1. The van der Waals surface area contributed by atoms with Gasteiger partial charge in [-0.1, -0.05) is 12.1 Å². The summed E-state index contributed by atoms with van der Waals surface area (Å²) in [5.41, 5.74) is 1.62. The number of aromatic amines is 1. The van der Waals surface area contributed by atoms with E-state index in [2.05, 4.69) is 4.98 Å². The van der Waals surface area contributed by atoms with E-state index in [1.165, 1.54) is 6.07 Å². The average Bonchev–Trinajstić information content (AvgIpc) is 2.60. The van der Waals surface area contributed by atoms with Crippen LogP contribution in [0.15, 0.2) is 24.4 Å². The maximum Gasteiger partial charge on any atom is 0.147 e. The normalized spacial score (nSPS) is 11.0. The molecule has 0 atom stereocenters. The second-order valence-corrected chi connectivity index (χ2v) is 3.30. The van der Waals surface area contributed by atoms with Gasteiger partial charge in [-0.25, -0.2) is 4.39 Å². The third kappa shape index (κ3) is 1.51. The van der Waals surface area contributed by atoms with Gasteiger partial charge in [0.25, 0.3) is 0 Å². The predicted octanol–water partition coefficient (Wildman–Crippen LogP) is 2.23. The Morgan fingerprint density at radius 3 is 3.00 bits per heavy atom. The first kappa shape index (κ1) is 9.21. The van der Waals surface area contributed by atoms with Crippen molar-refractivity contribution in [1.82, 2.24) is 4.98 Å². The third-order valence-electron chi connectivity index (χ3n) is 2.35. The molecular formula is C11H12FNO. The number of para-hydroxylation sites is 1. The van der Waals surface area contributed by atoms with Crippen LogP contribution < -0.4 is 0 Å². The Hall–Kier alpha value is -1.35. The number of aliphatic hydroxyl groups excluding tert-OH is 1. The lowest BCUT2D eigenvalue weighted by atomic mass is 10.1. The summed E-state index contributed by atoms with van der Waals surface area (Å²) in [5, 5.41) is 9.62. The molecule has 0 aliphatic carbocycles. The van der Waals surface area contributed by atoms with E-state index in [4.69, 9.17) is 5.11 Å². The highest BCUT2D eigenvalue weighted by Gasteiger charge is 2.05. The van der Waals surface area contributed by atoms with Crippen LogP contribution in [-0.2, 0) is 6.42 Å². The number of rotatable bonds is 3. The monoisotopic (exact) mass is 193 g/mol. The van der Waals surface area contributed by atoms with Gasteiger partial charge >= 0.3 is 0 Å². The maximum absolute atomic E-state index is 13.2. The summed E-state index contributed by atoms with van der Waals surface area (Å²) in [4.78, 5) is 2.91. The molecule has 0 bridgehead atoms. The van der Waals surface area contributed by atoms with Gasteiger partial charge in [0.1, 0.15) is 5.82 Å². The van der Waals surface area contributed by atoms with Crippen LogP contribution in [0.3, 0.4) is 0 Å². The number of H-pyrrole nitrogens is 1. The van der Waals surface area contributed by atoms with Crippen LogP contribution in [0.25, 0.3) is 10.9 Å². The Kier molecular flexibility index (Phi) is 2.50. The van der Waals surface area contributed by atoms with Crippen molar-refractivity contribution in [2.24, 2.45) is 0 Å². The number of aryl methyl sites for hydroxylation is 1. The molecule has 14 heavy (non-hydrogen) atoms. The summed E-state index contributed by atoms with van der Waals surface area (Å²) >= 11 is 0. The molecule has 1 heterocycles. The SMILES string of the molecule is OCCCc1c[nH]c2c(F)cccc12. The van der Waals surface area contributed by atoms with Crippen LogP contribution in [-0.4, -0.2) is 16.7 Å². The predicted molar refractivity (Wildman–Crippen MR) is 53.7 cm³/mol. The zero-order chi connectivity index (χ0) is 9.97. The first-order chi connectivity index (χ1) is 6.83. The third-order valence-corrected chi connectivity index (χ3v) is 2.35. The van der Waals surface area contributed by atoms with Crippen LogP contribution >= 0.6 is 0 Å². The van der Waals surface area contributed by atoms with Gasteiger partial charge in [0.05, 0.1) is 5.52 Å². The van der Waals surface area contributed by atoms with Crippen LogP contribution in [0.2, 0.25) is 0 Å². The van der Waals surface area contributed by atoms with Crippen molar-refractivity contribution >= 4 is 10.9 Å². The number of fused-ring (bicyclic) bond motifs is 1. The minimum Gasteiger partial charge on any atom is -0.396 e. The fourth-order valence-corrected chi connectivity index (χ4v) is 1.65.